The van der Waals surface area contributed by atoms with Crippen LogP contribution >= 0.6 is 11.3 Å². The summed E-state index contributed by atoms with van der Waals surface area (Å²) in [5.41, 5.74) is 3.02. The van der Waals surface area contributed by atoms with Crippen molar-refractivity contribution in [2.75, 3.05) is 5.32 Å². The summed E-state index contributed by atoms with van der Waals surface area (Å²) in [7, 11) is 0. The van der Waals surface area contributed by atoms with Gasteiger partial charge in [-0.05, 0) is 48.6 Å². The second-order valence-electron chi connectivity index (χ2n) is 6.13. The van der Waals surface area contributed by atoms with Gasteiger partial charge in [0.25, 0.3) is 0 Å². The van der Waals surface area contributed by atoms with E-state index in [1.54, 1.807) is 17.5 Å². The van der Waals surface area contributed by atoms with Gasteiger partial charge in [0.2, 0.25) is 5.91 Å². The predicted octanol–water partition coefficient (Wildman–Crippen LogP) is 4.94. The van der Waals surface area contributed by atoms with E-state index in [2.05, 4.69) is 10.3 Å². The molecular weight excluding hydrogens is 316 g/mol. The zero-order chi connectivity index (χ0) is 16.4. The van der Waals surface area contributed by atoms with Gasteiger partial charge in [-0.15, -0.1) is 11.3 Å². The van der Waals surface area contributed by atoms with Crippen LogP contribution in [0, 0.1) is 5.92 Å². The van der Waals surface area contributed by atoms with E-state index < -0.39 is 0 Å². The number of rotatable bonds is 5. The molecule has 1 unspecified atom stereocenters. The molecule has 0 saturated heterocycles. The Bertz CT molecular complexity index is 809. The average Bonchev–Trinajstić information content (AvgIpc) is 3.28. The van der Waals surface area contributed by atoms with Crippen molar-refractivity contribution in [2.45, 2.75) is 18.8 Å². The lowest BCUT2D eigenvalue weighted by atomic mass is 9.93. The first-order valence-electron chi connectivity index (χ1n) is 8.17. The Hall–Kier alpha value is -2.46. The molecule has 24 heavy (non-hydrogen) atoms. The van der Waals surface area contributed by atoms with E-state index in [4.69, 9.17) is 0 Å². The van der Waals surface area contributed by atoms with Crippen LogP contribution in [0.4, 0.5) is 5.69 Å². The Kier molecular flexibility index (Phi) is 4.13. The van der Waals surface area contributed by atoms with Gasteiger partial charge in [0.1, 0.15) is 5.01 Å². The van der Waals surface area contributed by atoms with Crippen molar-refractivity contribution < 1.29 is 4.79 Å². The van der Waals surface area contributed by atoms with Crippen LogP contribution in [0.15, 0.2) is 66.2 Å². The number of hydrogen-bond donors (Lipinski definition) is 1. The molecule has 0 radical (unpaired) electrons. The molecule has 3 aromatic rings. The van der Waals surface area contributed by atoms with Crippen molar-refractivity contribution in [2.24, 2.45) is 5.92 Å². The Balaban J connectivity index is 1.50. The Labute approximate surface area is 145 Å². The standard InChI is InChI=1S/C20H18N2OS/c23-19(18(15-6-7-15)14-4-2-1-3-5-14)22-17-10-8-16(9-11-17)20-21-12-13-24-20/h1-5,8-13,15,18H,6-7H2,(H,22,23). The number of nitrogens with zero attached hydrogens (tertiary/aromatic N) is 1. The summed E-state index contributed by atoms with van der Waals surface area (Å²) in [6, 6.07) is 18.0. The number of anilines is 1. The number of benzene rings is 2. The van der Waals surface area contributed by atoms with Gasteiger partial charge in [-0.25, -0.2) is 4.98 Å². The van der Waals surface area contributed by atoms with Crippen LogP contribution in [0.3, 0.4) is 0 Å². The molecule has 4 heteroatoms. The second kappa shape index (κ2) is 6.57. The van der Waals surface area contributed by atoms with E-state index in [0.29, 0.717) is 5.92 Å². The minimum absolute atomic E-state index is 0.0511. The first kappa shape index (κ1) is 15.1. The third-order valence-corrected chi connectivity index (χ3v) is 5.19. The number of hydrogen-bond acceptors (Lipinski definition) is 3. The predicted molar refractivity (Wildman–Crippen MR) is 98.1 cm³/mol. The SMILES string of the molecule is O=C(Nc1ccc(-c2nccs2)cc1)C(c1ccccc1)C1CC1. The van der Waals surface area contributed by atoms with Gasteiger partial charge in [0.15, 0.2) is 0 Å². The molecule has 1 aliphatic carbocycles. The highest BCUT2D eigenvalue weighted by atomic mass is 32.1. The van der Waals surface area contributed by atoms with Crippen LogP contribution in [-0.2, 0) is 4.79 Å². The van der Waals surface area contributed by atoms with E-state index in [9.17, 15) is 4.79 Å². The number of aromatic nitrogens is 1. The molecule has 2 aromatic carbocycles. The number of thiazole rings is 1. The molecular formula is C20H18N2OS. The summed E-state index contributed by atoms with van der Waals surface area (Å²) in [6.45, 7) is 0. The lowest BCUT2D eigenvalue weighted by Gasteiger charge is -2.16. The molecule has 0 aliphatic heterocycles. The largest absolute Gasteiger partial charge is 0.326 e. The fraction of sp³-hybridized carbons (Fsp3) is 0.200. The molecule has 3 nitrogen and oxygen atoms in total. The van der Waals surface area contributed by atoms with Gasteiger partial charge in [0.05, 0.1) is 5.92 Å². The van der Waals surface area contributed by atoms with Crippen LogP contribution < -0.4 is 5.32 Å². The minimum atomic E-state index is -0.0511. The molecule has 0 spiro atoms. The fourth-order valence-corrected chi connectivity index (χ4v) is 3.65. The van der Waals surface area contributed by atoms with Gasteiger partial charge in [-0.2, -0.15) is 0 Å². The lowest BCUT2D eigenvalue weighted by molar-refractivity contribution is -0.118. The number of carbonyl (C=O) groups is 1. The normalized spacial score (nSPS) is 15.0. The van der Waals surface area contributed by atoms with Crippen LogP contribution in [0.25, 0.3) is 10.6 Å². The van der Waals surface area contributed by atoms with E-state index >= 15 is 0 Å². The van der Waals surface area contributed by atoms with Gasteiger partial charge < -0.3 is 5.32 Å². The maximum absolute atomic E-state index is 12.8. The first-order valence-corrected chi connectivity index (χ1v) is 9.05. The summed E-state index contributed by atoms with van der Waals surface area (Å²) in [4.78, 5) is 17.1. The third kappa shape index (κ3) is 3.24. The topological polar surface area (TPSA) is 42.0 Å². The van der Waals surface area contributed by atoms with Crippen molar-refractivity contribution in [1.29, 1.82) is 0 Å². The maximum atomic E-state index is 12.8. The van der Waals surface area contributed by atoms with Crippen LogP contribution in [0.1, 0.15) is 24.3 Å². The van der Waals surface area contributed by atoms with Crippen LogP contribution in [-0.4, -0.2) is 10.9 Å². The fourth-order valence-electron chi connectivity index (χ4n) is 3.01. The van der Waals surface area contributed by atoms with Gasteiger partial charge in [0, 0.05) is 22.8 Å². The molecule has 1 heterocycles. The van der Waals surface area contributed by atoms with Crippen molar-refractivity contribution in [3.05, 3.63) is 71.7 Å². The Morgan fingerprint density at radius 2 is 1.83 bits per heavy atom. The summed E-state index contributed by atoms with van der Waals surface area (Å²) in [5, 5.41) is 6.04. The molecule has 1 aliphatic rings. The van der Waals surface area contributed by atoms with Gasteiger partial charge >= 0.3 is 0 Å². The number of carbonyl (C=O) groups excluding carboxylic acids is 1. The highest BCUT2D eigenvalue weighted by molar-refractivity contribution is 7.13. The zero-order valence-electron chi connectivity index (χ0n) is 13.2. The average molecular weight is 334 g/mol. The molecule has 4 rings (SSSR count). The second-order valence-corrected chi connectivity index (χ2v) is 7.02. The Morgan fingerprint density at radius 1 is 1.08 bits per heavy atom. The van der Waals surface area contributed by atoms with Gasteiger partial charge in [-0.1, -0.05) is 30.3 Å². The van der Waals surface area contributed by atoms with Crippen molar-refractivity contribution in [3.63, 3.8) is 0 Å². The Morgan fingerprint density at radius 3 is 2.46 bits per heavy atom. The number of nitrogens with one attached hydrogen (secondary N) is 1. The summed E-state index contributed by atoms with van der Waals surface area (Å²) >= 11 is 1.61. The molecule has 1 aromatic heterocycles. The molecule has 120 valence electrons. The monoisotopic (exact) mass is 334 g/mol. The van der Waals surface area contributed by atoms with E-state index in [0.717, 1.165) is 34.7 Å². The van der Waals surface area contributed by atoms with Crippen LogP contribution in [0.2, 0.25) is 0 Å². The van der Waals surface area contributed by atoms with E-state index in [1.807, 2.05) is 60.0 Å². The smallest absolute Gasteiger partial charge is 0.232 e. The van der Waals surface area contributed by atoms with Crippen LogP contribution in [0.5, 0.6) is 0 Å². The molecule has 1 atom stereocenters. The summed E-state index contributed by atoms with van der Waals surface area (Å²) in [5.74, 6) is 0.512. The molecule has 0 bridgehead atoms. The summed E-state index contributed by atoms with van der Waals surface area (Å²) < 4.78 is 0. The minimum Gasteiger partial charge on any atom is -0.326 e. The highest BCUT2D eigenvalue weighted by Gasteiger charge is 2.37. The van der Waals surface area contributed by atoms with Crippen molar-refractivity contribution in [3.8, 4) is 10.6 Å². The molecule has 1 amide bonds. The number of amides is 1. The third-order valence-electron chi connectivity index (χ3n) is 4.37. The van der Waals surface area contributed by atoms with E-state index in [-0.39, 0.29) is 11.8 Å². The highest BCUT2D eigenvalue weighted by Crippen LogP contribution is 2.43. The van der Waals surface area contributed by atoms with Gasteiger partial charge in [-0.3, -0.25) is 4.79 Å². The first-order chi connectivity index (χ1) is 11.8. The molecule has 1 saturated carbocycles. The van der Waals surface area contributed by atoms with Crippen molar-refractivity contribution >= 4 is 22.9 Å². The summed E-state index contributed by atoms with van der Waals surface area (Å²) in [6.07, 6.45) is 4.07. The molecule has 1 fully saturated rings. The maximum Gasteiger partial charge on any atom is 0.232 e. The van der Waals surface area contributed by atoms with Crippen molar-refractivity contribution in [1.82, 2.24) is 4.98 Å². The lowest BCUT2D eigenvalue weighted by Crippen LogP contribution is -2.22. The van der Waals surface area contributed by atoms with E-state index in [1.165, 1.54) is 0 Å². The molecule has 1 N–H and O–H groups in total. The zero-order valence-corrected chi connectivity index (χ0v) is 14.0. The quantitative estimate of drug-likeness (QED) is 0.718.